The number of hydrogen-bond acceptors (Lipinski definition) is 6. The average Bonchev–Trinajstić information content (AvgIpc) is 2.70. The van der Waals surface area contributed by atoms with Gasteiger partial charge >= 0.3 is 0 Å². The van der Waals surface area contributed by atoms with Gasteiger partial charge in [-0.2, -0.15) is 0 Å². The first-order valence-electron chi connectivity index (χ1n) is 5.36. The lowest BCUT2D eigenvalue weighted by molar-refractivity contribution is -0.384. The van der Waals surface area contributed by atoms with Crippen LogP contribution in [0.5, 0.6) is 0 Å². The second-order valence-electron chi connectivity index (χ2n) is 3.84. The number of rotatable bonds is 3. The second kappa shape index (κ2) is 5.21. The Kier molecular flexibility index (Phi) is 3.61. The van der Waals surface area contributed by atoms with Crippen molar-refractivity contribution in [2.45, 2.75) is 6.92 Å². The van der Waals surface area contributed by atoms with Crippen LogP contribution in [0.2, 0.25) is 0 Å². The number of nitrogens with zero attached hydrogens (tertiary/aromatic N) is 2. The highest BCUT2D eigenvalue weighted by Crippen LogP contribution is 2.27. The fraction of sp³-hybridized carbons (Fsp3) is 0.0909. The van der Waals surface area contributed by atoms with E-state index >= 15 is 0 Å². The van der Waals surface area contributed by atoms with Gasteiger partial charge in [0.2, 0.25) is 0 Å². The number of benzene rings is 1. The Morgan fingerprint density at radius 3 is 2.80 bits per heavy atom. The van der Waals surface area contributed by atoms with E-state index in [-0.39, 0.29) is 15.7 Å². The van der Waals surface area contributed by atoms with Crippen molar-refractivity contribution in [3.63, 3.8) is 0 Å². The van der Waals surface area contributed by atoms with Gasteiger partial charge in [0.15, 0.2) is 5.13 Å². The Bertz CT molecular complexity index is 701. The molecule has 3 N–H and O–H groups in total. The van der Waals surface area contributed by atoms with Crippen LogP contribution in [0.25, 0.3) is 0 Å². The average molecular weight is 296 g/mol. The molecule has 0 saturated carbocycles. The van der Waals surface area contributed by atoms with Crippen molar-refractivity contribution in [3.8, 4) is 0 Å². The van der Waals surface area contributed by atoms with E-state index in [4.69, 9.17) is 5.73 Å². The maximum atomic E-state index is 13.0. The molecule has 0 atom stereocenters. The number of nitro groups is 1. The van der Waals surface area contributed by atoms with Gasteiger partial charge in [0.1, 0.15) is 16.4 Å². The zero-order chi connectivity index (χ0) is 14.9. The molecule has 20 heavy (non-hydrogen) atoms. The summed E-state index contributed by atoms with van der Waals surface area (Å²) in [5.41, 5.74) is 5.29. The third kappa shape index (κ3) is 2.72. The molecule has 1 aromatic heterocycles. The van der Waals surface area contributed by atoms with E-state index in [2.05, 4.69) is 10.3 Å². The maximum Gasteiger partial charge on any atom is 0.295 e. The SMILES string of the molecule is Cc1nc(N)sc1C(=O)Nc1ccc(F)cc1[N+](=O)[O-]. The van der Waals surface area contributed by atoms with E-state index in [0.29, 0.717) is 5.69 Å². The van der Waals surface area contributed by atoms with Crippen LogP contribution in [-0.2, 0) is 0 Å². The largest absolute Gasteiger partial charge is 0.375 e. The summed E-state index contributed by atoms with van der Waals surface area (Å²) in [5, 5.41) is 13.4. The molecule has 1 amide bonds. The van der Waals surface area contributed by atoms with Crippen LogP contribution < -0.4 is 11.1 Å². The quantitative estimate of drug-likeness (QED) is 0.667. The summed E-state index contributed by atoms with van der Waals surface area (Å²) < 4.78 is 13.0. The first-order valence-corrected chi connectivity index (χ1v) is 6.18. The minimum Gasteiger partial charge on any atom is -0.375 e. The smallest absolute Gasteiger partial charge is 0.295 e. The molecule has 7 nitrogen and oxygen atoms in total. The van der Waals surface area contributed by atoms with Gasteiger partial charge in [-0.05, 0) is 19.1 Å². The first kappa shape index (κ1) is 13.9. The number of amides is 1. The molecule has 0 fully saturated rings. The molecule has 2 rings (SSSR count). The molecule has 1 aromatic carbocycles. The Balaban J connectivity index is 2.33. The van der Waals surface area contributed by atoms with Crippen molar-refractivity contribution < 1.29 is 14.1 Å². The van der Waals surface area contributed by atoms with E-state index in [1.165, 1.54) is 0 Å². The van der Waals surface area contributed by atoms with Gasteiger partial charge in [0.25, 0.3) is 11.6 Å². The van der Waals surface area contributed by atoms with Crippen molar-refractivity contribution in [2.75, 3.05) is 11.1 Å². The molecule has 0 unspecified atom stereocenters. The van der Waals surface area contributed by atoms with Gasteiger partial charge in [-0.25, -0.2) is 9.37 Å². The van der Waals surface area contributed by atoms with Gasteiger partial charge in [-0.15, -0.1) is 0 Å². The predicted molar refractivity (Wildman–Crippen MR) is 72.3 cm³/mol. The molecule has 0 aliphatic rings. The molecule has 1 heterocycles. The van der Waals surface area contributed by atoms with Crippen LogP contribution >= 0.6 is 11.3 Å². The van der Waals surface area contributed by atoms with Gasteiger partial charge in [-0.3, -0.25) is 14.9 Å². The molecule has 9 heteroatoms. The summed E-state index contributed by atoms with van der Waals surface area (Å²) in [5.74, 6) is -1.33. The van der Waals surface area contributed by atoms with E-state index < -0.39 is 22.3 Å². The molecule has 0 aliphatic carbocycles. The standard InChI is InChI=1S/C11H9FN4O3S/c1-5-9(20-11(13)14-5)10(17)15-7-3-2-6(12)4-8(7)16(18)19/h2-4H,1H3,(H2,13,14)(H,15,17). The number of thiazole rings is 1. The number of halogens is 1. The Morgan fingerprint density at radius 2 is 2.25 bits per heavy atom. The van der Waals surface area contributed by atoms with Crippen LogP contribution in [0.1, 0.15) is 15.4 Å². The molecule has 0 bridgehead atoms. The van der Waals surface area contributed by atoms with Gasteiger partial charge in [0, 0.05) is 0 Å². The number of aromatic nitrogens is 1. The summed E-state index contributed by atoms with van der Waals surface area (Å²) >= 11 is 0.970. The number of anilines is 2. The van der Waals surface area contributed by atoms with E-state index in [9.17, 15) is 19.3 Å². The highest BCUT2D eigenvalue weighted by Gasteiger charge is 2.20. The zero-order valence-electron chi connectivity index (χ0n) is 10.2. The third-order valence-electron chi connectivity index (χ3n) is 2.42. The molecule has 0 aliphatic heterocycles. The van der Waals surface area contributed by atoms with E-state index in [1.807, 2.05) is 0 Å². The molecule has 0 saturated heterocycles. The van der Waals surface area contributed by atoms with Crippen LogP contribution in [0.4, 0.5) is 20.9 Å². The Labute approximate surface area is 116 Å². The number of carbonyl (C=O) groups excluding carboxylic acids is 1. The second-order valence-corrected chi connectivity index (χ2v) is 4.87. The number of carbonyl (C=O) groups is 1. The first-order chi connectivity index (χ1) is 9.38. The molecular formula is C11H9FN4O3S. The summed E-state index contributed by atoms with van der Waals surface area (Å²) in [6.45, 7) is 1.60. The van der Waals surface area contributed by atoms with E-state index in [1.54, 1.807) is 6.92 Å². The van der Waals surface area contributed by atoms with Crippen LogP contribution in [0.3, 0.4) is 0 Å². The Morgan fingerprint density at radius 1 is 1.55 bits per heavy atom. The van der Waals surface area contributed by atoms with E-state index in [0.717, 1.165) is 29.5 Å². The highest BCUT2D eigenvalue weighted by atomic mass is 32.1. The minimum atomic E-state index is -0.771. The molecule has 0 radical (unpaired) electrons. The highest BCUT2D eigenvalue weighted by molar-refractivity contribution is 7.17. The number of nitrogens with two attached hydrogens (primary N) is 1. The van der Waals surface area contributed by atoms with Gasteiger partial charge in [-0.1, -0.05) is 11.3 Å². The van der Waals surface area contributed by atoms with Crippen LogP contribution in [0.15, 0.2) is 18.2 Å². The molecule has 2 aromatic rings. The summed E-state index contributed by atoms with van der Waals surface area (Å²) in [6.07, 6.45) is 0. The number of aryl methyl sites for hydroxylation is 1. The number of hydrogen-bond donors (Lipinski definition) is 2. The molecule has 104 valence electrons. The van der Waals surface area contributed by atoms with Gasteiger partial charge < -0.3 is 11.1 Å². The lowest BCUT2D eigenvalue weighted by Gasteiger charge is -2.05. The normalized spacial score (nSPS) is 10.3. The fourth-order valence-corrected chi connectivity index (χ4v) is 2.30. The monoisotopic (exact) mass is 296 g/mol. The minimum absolute atomic E-state index is 0.0900. The van der Waals surface area contributed by atoms with Gasteiger partial charge in [0.05, 0.1) is 16.7 Å². The van der Waals surface area contributed by atoms with Crippen molar-refractivity contribution in [1.82, 2.24) is 4.98 Å². The predicted octanol–water partition coefficient (Wildman–Crippen LogP) is 2.33. The lowest BCUT2D eigenvalue weighted by Crippen LogP contribution is -2.13. The van der Waals surface area contributed by atoms with Crippen molar-refractivity contribution >= 4 is 33.8 Å². The van der Waals surface area contributed by atoms with Crippen molar-refractivity contribution in [1.29, 1.82) is 0 Å². The topological polar surface area (TPSA) is 111 Å². The molecular weight excluding hydrogens is 287 g/mol. The summed E-state index contributed by atoms with van der Waals surface area (Å²) in [6, 6.07) is 2.89. The number of nitro benzene ring substituents is 1. The maximum absolute atomic E-state index is 13.0. The number of nitrogens with one attached hydrogen (secondary N) is 1. The summed E-state index contributed by atoms with van der Waals surface area (Å²) in [7, 11) is 0. The van der Waals surface area contributed by atoms with Crippen LogP contribution in [-0.4, -0.2) is 15.8 Å². The lowest BCUT2D eigenvalue weighted by atomic mass is 10.2. The van der Waals surface area contributed by atoms with Crippen molar-refractivity contribution in [3.05, 3.63) is 44.7 Å². The zero-order valence-corrected chi connectivity index (χ0v) is 11.0. The summed E-state index contributed by atoms with van der Waals surface area (Å²) in [4.78, 5) is 26.2. The molecule has 0 spiro atoms. The van der Waals surface area contributed by atoms with Crippen LogP contribution in [0, 0.1) is 22.9 Å². The third-order valence-corrected chi connectivity index (χ3v) is 3.41. The number of nitrogen functional groups attached to an aromatic ring is 1. The fourth-order valence-electron chi connectivity index (χ4n) is 1.57. The Hall–Kier alpha value is -2.55. The van der Waals surface area contributed by atoms with Crippen molar-refractivity contribution in [2.24, 2.45) is 0 Å².